The predicted molar refractivity (Wildman–Crippen MR) is 132 cm³/mol. The molecule has 33 heavy (non-hydrogen) atoms. The molecule has 0 saturated carbocycles. The number of hydrogen-bond donors (Lipinski definition) is 1. The van der Waals surface area contributed by atoms with Crippen LogP contribution < -0.4 is 10.3 Å². The Morgan fingerprint density at radius 1 is 1.09 bits per heavy atom. The zero-order chi connectivity index (χ0) is 22.9. The number of aliphatic imine (C=N–C) groups is 1. The van der Waals surface area contributed by atoms with Crippen LogP contribution in [0.2, 0.25) is 0 Å². The molecule has 0 amide bonds. The molecule has 3 heterocycles. The van der Waals surface area contributed by atoms with Crippen molar-refractivity contribution in [3.05, 3.63) is 88.3 Å². The van der Waals surface area contributed by atoms with E-state index in [2.05, 4.69) is 20.1 Å². The Morgan fingerprint density at radius 2 is 1.88 bits per heavy atom. The van der Waals surface area contributed by atoms with Crippen LogP contribution in [0.4, 0.5) is 5.82 Å². The summed E-state index contributed by atoms with van der Waals surface area (Å²) in [5, 5.41) is 3.85. The molecule has 2 aromatic carbocycles. The first-order chi connectivity index (χ1) is 16.0. The standard InChI is InChI=1S/C25H21N5O2S/c1-15-7-6-14-26-23(15)27-16(2)21-22(17-10-12-18(32-3)13-11-17)29-30(24(21)31)25-28-19-8-4-5-9-20(19)33-25/h4-14,29H,1-3H3/b27-16+. The SMILES string of the molecule is COc1ccc(-c2[nH]n(-c3nc4ccccc4s3)c(=O)c2/C(C)=N/c2ncccc2C)cc1. The van der Waals surface area contributed by atoms with Crippen molar-refractivity contribution in [2.75, 3.05) is 7.11 Å². The van der Waals surface area contributed by atoms with Crippen LogP contribution >= 0.6 is 11.3 Å². The van der Waals surface area contributed by atoms with Crippen molar-refractivity contribution < 1.29 is 4.74 Å². The van der Waals surface area contributed by atoms with E-state index in [0.29, 0.717) is 27.9 Å². The highest BCUT2D eigenvalue weighted by Gasteiger charge is 2.21. The lowest BCUT2D eigenvalue weighted by Gasteiger charge is -2.05. The number of ether oxygens (including phenoxy) is 1. The van der Waals surface area contributed by atoms with Gasteiger partial charge in [-0.1, -0.05) is 29.5 Å². The fraction of sp³-hybridized carbons (Fsp3) is 0.120. The van der Waals surface area contributed by atoms with Gasteiger partial charge in [0.05, 0.1) is 34.3 Å². The normalized spacial score (nSPS) is 11.8. The smallest absolute Gasteiger partial charge is 0.283 e. The number of thiazole rings is 1. The number of methoxy groups -OCH3 is 1. The average Bonchev–Trinajstić information content (AvgIpc) is 3.41. The second-order valence-electron chi connectivity index (χ2n) is 7.54. The van der Waals surface area contributed by atoms with Gasteiger partial charge in [-0.3, -0.25) is 9.89 Å². The molecule has 5 rings (SSSR count). The monoisotopic (exact) mass is 455 g/mol. The van der Waals surface area contributed by atoms with Gasteiger partial charge in [-0.2, -0.15) is 4.68 Å². The van der Waals surface area contributed by atoms with Gasteiger partial charge in [-0.05, 0) is 61.9 Å². The number of rotatable bonds is 5. The summed E-state index contributed by atoms with van der Waals surface area (Å²) in [6.45, 7) is 3.77. The number of benzene rings is 2. The molecule has 0 aliphatic heterocycles. The van der Waals surface area contributed by atoms with Gasteiger partial charge >= 0.3 is 0 Å². The molecule has 164 valence electrons. The maximum atomic E-state index is 13.7. The van der Waals surface area contributed by atoms with Gasteiger partial charge in [-0.15, -0.1) is 0 Å². The van der Waals surface area contributed by atoms with E-state index in [1.165, 1.54) is 16.0 Å². The molecule has 0 saturated heterocycles. The van der Waals surface area contributed by atoms with E-state index in [-0.39, 0.29) is 5.56 Å². The summed E-state index contributed by atoms with van der Waals surface area (Å²) in [6, 6.07) is 19.2. The molecular formula is C25H21N5O2S. The molecule has 1 N–H and O–H groups in total. The summed E-state index contributed by atoms with van der Waals surface area (Å²) >= 11 is 1.45. The van der Waals surface area contributed by atoms with Crippen LogP contribution in [-0.2, 0) is 0 Å². The second kappa shape index (κ2) is 8.48. The van der Waals surface area contributed by atoms with Crippen LogP contribution in [0.1, 0.15) is 18.1 Å². The summed E-state index contributed by atoms with van der Waals surface area (Å²) in [7, 11) is 1.62. The topological polar surface area (TPSA) is 85.2 Å². The van der Waals surface area contributed by atoms with E-state index in [1.807, 2.05) is 74.5 Å². The van der Waals surface area contributed by atoms with E-state index in [1.54, 1.807) is 13.3 Å². The van der Waals surface area contributed by atoms with E-state index in [0.717, 1.165) is 27.1 Å². The Morgan fingerprint density at radius 3 is 2.61 bits per heavy atom. The Labute approximate surface area is 194 Å². The van der Waals surface area contributed by atoms with E-state index < -0.39 is 0 Å². The molecule has 7 nitrogen and oxygen atoms in total. The van der Waals surface area contributed by atoms with Crippen molar-refractivity contribution >= 4 is 33.1 Å². The highest BCUT2D eigenvalue weighted by molar-refractivity contribution is 7.20. The molecule has 3 aromatic heterocycles. The highest BCUT2D eigenvalue weighted by Crippen LogP contribution is 2.28. The first kappa shape index (κ1) is 20.8. The molecular weight excluding hydrogens is 434 g/mol. The summed E-state index contributed by atoms with van der Waals surface area (Å²) in [5.41, 5.74) is 4.13. The minimum absolute atomic E-state index is 0.213. The van der Waals surface area contributed by atoms with E-state index in [4.69, 9.17) is 4.74 Å². The molecule has 0 bridgehead atoms. The third-order valence-electron chi connectivity index (χ3n) is 5.36. The van der Waals surface area contributed by atoms with Gasteiger partial charge in [0.15, 0.2) is 5.82 Å². The van der Waals surface area contributed by atoms with Crippen molar-refractivity contribution in [2.24, 2.45) is 4.99 Å². The lowest BCUT2D eigenvalue weighted by atomic mass is 10.0. The Kier molecular flexibility index (Phi) is 5.35. The first-order valence-corrected chi connectivity index (χ1v) is 11.2. The van der Waals surface area contributed by atoms with Crippen LogP contribution in [-0.4, -0.2) is 32.6 Å². The summed E-state index contributed by atoms with van der Waals surface area (Å²) in [6.07, 6.45) is 1.69. The van der Waals surface area contributed by atoms with Crippen molar-refractivity contribution in [2.45, 2.75) is 13.8 Å². The number of nitrogens with zero attached hydrogens (tertiary/aromatic N) is 4. The predicted octanol–water partition coefficient (Wildman–Crippen LogP) is 5.30. The lowest BCUT2D eigenvalue weighted by molar-refractivity contribution is 0.415. The van der Waals surface area contributed by atoms with Crippen LogP contribution in [0.15, 0.2) is 76.6 Å². The van der Waals surface area contributed by atoms with Gasteiger partial charge in [0.2, 0.25) is 5.13 Å². The molecule has 0 aliphatic carbocycles. The largest absolute Gasteiger partial charge is 0.497 e. The van der Waals surface area contributed by atoms with Gasteiger partial charge in [-0.25, -0.2) is 15.0 Å². The molecule has 8 heteroatoms. The van der Waals surface area contributed by atoms with Crippen molar-refractivity contribution in [1.82, 2.24) is 19.7 Å². The third kappa shape index (κ3) is 3.85. The zero-order valence-electron chi connectivity index (χ0n) is 18.4. The summed E-state index contributed by atoms with van der Waals surface area (Å²) in [4.78, 5) is 27.4. The highest BCUT2D eigenvalue weighted by atomic mass is 32.1. The van der Waals surface area contributed by atoms with Crippen LogP contribution in [0.25, 0.3) is 26.6 Å². The number of fused-ring (bicyclic) bond motifs is 1. The number of H-pyrrole nitrogens is 1. The quantitative estimate of drug-likeness (QED) is 0.365. The number of aromatic amines is 1. The van der Waals surface area contributed by atoms with Crippen molar-refractivity contribution in [3.63, 3.8) is 0 Å². The van der Waals surface area contributed by atoms with Crippen molar-refractivity contribution in [3.8, 4) is 22.1 Å². The second-order valence-corrected chi connectivity index (χ2v) is 8.55. The Balaban J connectivity index is 1.72. The maximum absolute atomic E-state index is 13.7. The first-order valence-electron chi connectivity index (χ1n) is 10.4. The zero-order valence-corrected chi connectivity index (χ0v) is 19.2. The molecule has 0 unspecified atom stereocenters. The number of aromatic nitrogens is 4. The summed E-state index contributed by atoms with van der Waals surface area (Å²) < 4.78 is 7.79. The van der Waals surface area contributed by atoms with E-state index in [9.17, 15) is 4.79 Å². The third-order valence-corrected chi connectivity index (χ3v) is 6.38. The molecule has 0 spiro atoms. The number of pyridine rings is 1. The number of aryl methyl sites for hydroxylation is 1. The molecule has 0 fully saturated rings. The van der Waals surface area contributed by atoms with Gasteiger partial charge in [0.25, 0.3) is 5.56 Å². The average molecular weight is 456 g/mol. The van der Waals surface area contributed by atoms with Crippen molar-refractivity contribution in [1.29, 1.82) is 0 Å². The molecule has 0 aliphatic rings. The maximum Gasteiger partial charge on any atom is 0.283 e. The minimum Gasteiger partial charge on any atom is -0.497 e. The fourth-order valence-corrected chi connectivity index (χ4v) is 4.56. The Hall–Kier alpha value is -4.04. The molecule has 0 atom stereocenters. The number of hydrogen-bond acceptors (Lipinski definition) is 6. The lowest BCUT2D eigenvalue weighted by Crippen LogP contribution is -2.19. The van der Waals surface area contributed by atoms with Gasteiger partial charge in [0, 0.05) is 11.8 Å². The minimum atomic E-state index is -0.213. The molecule has 0 radical (unpaired) electrons. The molecule has 5 aromatic rings. The number of para-hydroxylation sites is 1. The van der Waals surface area contributed by atoms with E-state index >= 15 is 0 Å². The van der Waals surface area contributed by atoms with Crippen LogP contribution in [0.3, 0.4) is 0 Å². The Bertz CT molecular complexity index is 1510. The fourth-order valence-electron chi connectivity index (χ4n) is 3.64. The van der Waals surface area contributed by atoms with Crippen LogP contribution in [0.5, 0.6) is 5.75 Å². The number of nitrogens with one attached hydrogen (secondary N) is 1. The van der Waals surface area contributed by atoms with Crippen LogP contribution in [0, 0.1) is 6.92 Å². The summed E-state index contributed by atoms with van der Waals surface area (Å²) in [5.74, 6) is 1.32. The van der Waals surface area contributed by atoms with Gasteiger partial charge < -0.3 is 4.74 Å². The van der Waals surface area contributed by atoms with Gasteiger partial charge in [0.1, 0.15) is 5.75 Å².